The Balaban J connectivity index is 1.69. The molecule has 0 spiro atoms. The van der Waals surface area contributed by atoms with Crippen LogP contribution in [0, 0.1) is 0 Å². The summed E-state index contributed by atoms with van der Waals surface area (Å²) in [7, 11) is -3.85. The number of carbonyl (C=O) groups is 1. The van der Waals surface area contributed by atoms with Crippen LogP contribution in [0.2, 0.25) is 5.02 Å². The number of benzene rings is 2. The molecular formula is C20H20ClNO5S. The summed E-state index contributed by atoms with van der Waals surface area (Å²) in [6, 6.07) is 11.8. The van der Waals surface area contributed by atoms with E-state index in [1.807, 2.05) is 0 Å². The zero-order chi connectivity index (χ0) is 19.7. The van der Waals surface area contributed by atoms with E-state index in [1.54, 1.807) is 47.4 Å². The number of amides is 1. The molecule has 1 fully saturated rings. The highest BCUT2D eigenvalue weighted by Crippen LogP contribution is 2.41. The maximum atomic E-state index is 13.3. The Hall–Kier alpha value is -2.25. The molecule has 0 N–H and O–H groups in total. The summed E-state index contributed by atoms with van der Waals surface area (Å²) in [5, 5.41) is -0.946. The number of halogens is 1. The lowest BCUT2D eigenvalue weighted by Crippen LogP contribution is -2.36. The highest BCUT2D eigenvalue weighted by atomic mass is 35.5. The van der Waals surface area contributed by atoms with Crippen molar-refractivity contribution in [3.63, 3.8) is 0 Å². The SMILES string of the molecule is O=C([C@@H](c1ccccc1)S(=O)(=O)Cc1cc(Cl)c2c(c1)OCO2)N1CCCC1. The van der Waals surface area contributed by atoms with Crippen LogP contribution < -0.4 is 9.47 Å². The van der Waals surface area contributed by atoms with Gasteiger partial charge in [0.25, 0.3) is 0 Å². The molecule has 1 amide bonds. The molecule has 8 heteroatoms. The number of nitrogens with zero attached hydrogens (tertiary/aromatic N) is 1. The summed E-state index contributed by atoms with van der Waals surface area (Å²) in [5.41, 5.74) is 0.940. The first kappa shape index (κ1) is 19.1. The highest BCUT2D eigenvalue weighted by molar-refractivity contribution is 7.91. The predicted molar refractivity (Wildman–Crippen MR) is 105 cm³/mol. The lowest BCUT2D eigenvalue weighted by molar-refractivity contribution is -0.129. The molecule has 0 saturated carbocycles. The molecule has 2 aliphatic rings. The third kappa shape index (κ3) is 3.69. The first-order valence-electron chi connectivity index (χ1n) is 9.09. The Bertz CT molecular complexity index is 987. The van der Waals surface area contributed by atoms with Gasteiger partial charge in [-0.25, -0.2) is 8.42 Å². The predicted octanol–water partition coefficient (Wildman–Crippen LogP) is 3.35. The monoisotopic (exact) mass is 421 g/mol. The van der Waals surface area contributed by atoms with Crippen LogP contribution in [-0.2, 0) is 20.4 Å². The molecule has 0 aromatic heterocycles. The molecule has 0 aliphatic carbocycles. The van der Waals surface area contributed by atoms with Crippen molar-refractivity contribution in [2.45, 2.75) is 23.8 Å². The number of carbonyl (C=O) groups excluding carboxylic acids is 1. The van der Waals surface area contributed by atoms with E-state index in [4.69, 9.17) is 21.1 Å². The Morgan fingerprint density at radius 3 is 2.54 bits per heavy atom. The Kier molecular flexibility index (Phi) is 5.21. The Labute approximate surface area is 168 Å². The second-order valence-electron chi connectivity index (χ2n) is 6.94. The number of hydrogen-bond donors (Lipinski definition) is 0. The number of sulfone groups is 1. The summed E-state index contributed by atoms with van der Waals surface area (Å²) in [5.74, 6) is 0.147. The normalized spacial score (nSPS) is 17.0. The van der Waals surface area contributed by atoms with Crippen molar-refractivity contribution in [2.24, 2.45) is 0 Å². The van der Waals surface area contributed by atoms with Crippen LogP contribution in [0.3, 0.4) is 0 Å². The maximum absolute atomic E-state index is 13.3. The van der Waals surface area contributed by atoms with Crippen molar-refractivity contribution in [3.8, 4) is 11.5 Å². The zero-order valence-electron chi connectivity index (χ0n) is 15.1. The van der Waals surface area contributed by atoms with Gasteiger partial charge in [-0.3, -0.25) is 4.79 Å². The van der Waals surface area contributed by atoms with Gasteiger partial charge in [-0.05, 0) is 36.1 Å². The zero-order valence-corrected chi connectivity index (χ0v) is 16.7. The molecule has 0 bridgehead atoms. The van der Waals surface area contributed by atoms with Crippen molar-refractivity contribution >= 4 is 27.3 Å². The number of likely N-dealkylation sites (tertiary alicyclic amines) is 1. The van der Waals surface area contributed by atoms with E-state index in [-0.39, 0.29) is 18.5 Å². The maximum Gasteiger partial charge on any atom is 0.245 e. The van der Waals surface area contributed by atoms with Crippen molar-refractivity contribution < 1.29 is 22.7 Å². The standard InChI is InChI=1S/C20H20ClNO5S/c21-16-10-14(11-17-18(16)27-13-26-17)12-28(24,25)19(15-6-2-1-3-7-15)20(23)22-8-4-5-9-22/h1-3,6-7,10-11,19H,4-5,8-9,12-13H2/t19-/m1/s1. The van der Waals surface area contributed by atoms with Gasteiger partial charge in [0, 0.05) is 13.1 Å². The van der Waals surface area contributed by atoms with Gasteiger partial charge < -0.3 is 14.4 Å². The van der Waals surface area contributed by atoms with Crippen LogP contribution in [0.25, 0.3) is 0 Å². The highest BCUT2D eigenvalue weighted by Gasteiger charge is 2.38. The number of fused-ring (bicyclic) bond motifs is 1. The average Bonchev–Trinajstić information content (AvgIpc) is 3.34. The molecule has 148 valence electrons. The fourth-order valence-electron chi connectivity index (χ4n) is 3.65. The molecule has 0 unspecified atom stereocenters. The molecule has 2 heterocycles. The van der Waals surface area contributed by atoms with Gasteiger partial charge in [0.15, 0.2) is 26.6 Å². The topological polar surface area (TPSA) is 72.9 Å². The van der Waals surface area contributed by atoms with E-state index in [1.165, 1.54) is 0 Å². The molecule has 1 atom stereocenters. The van der Waals surface area contributed by atoms with E-state index >= 15 is 0 Å². The number of ether oxygens (including phenoxy) is 2. The molecule has 2 aromatic carbocycles. The smallest absolute Gasteiger partial charge is 0.245 e. The second kappa shape index (κ2) is 7.64. The first-order valence-corrected chi connectivity index (χ1v) is 11.2. The third-order valence-electron chi connectivity index (χ3n) is 4.96. The van der Waals surface area contributed by atoms with Gasteiger partial charge in [0.2, 0.25) is 12.7 Å². The third-order valence-corrected chi connectivity index (χ3v) is 7.17. The van der Waals surface area contributed by atoms with Crippen LogP contribution in [0.4, 0.5) is 0 Å². The van der Waals surface area contributed by atoms with Crippen LogP contribution in [-0.4, -0.2) is 39.1 Å². The van der Waals surface area contributed by atoms with Gasteiger partial charge in [0.1, 0.15) is 0 Å². The molecule has 6 nitrogen and oxygen atoms in total. The van der Waals surface area contributed by atoms with Crippen LogP contribution >= 0.6 is 11.6 Å². The van der Waals surface area contributed by atoms with E-state index in [2.05, 4.69) is 0 Å². The fraction of sp³-hybridized carbons (Fsp3) is 0.350. The summed E-state index contributed by atoms with van der Waals surface area (Å²) >= 11 is 6.19. The van der Waals surface area contributed by atoms with E-state index in [9.17, 15) is 13.2 Å². The van der Waals surface area contributed by atoms with Gasteiger partial charge in [-0.2, -0.15) is 0 Å². The van der Waals surface area contributed by atoms with Crippen LogP contribution in [0.15, 0.2) is 42.5 Å². The van der Waals surface area contributed by atoms with Crippen molar-refractivity contribution in [2.75, 3.05) is 19.9 Å². The molecule has 2 aliphatic heterocycles. The number of hydrogen-bond acceptors (Lipinski definition) is 5. The second-order valence-corrected chi connectivity index (χ2v) is 9.43. The molecule has 4 rings (SSSR count). The summed E-state index contributed by atoms with van der Waals surface area (Å²) in [6.45, 7) is 1.23. The van der Waals surface area contributed by atoms with Crippen molar-refractivity contribution in [3.05, 3.63) is 58.6 Å². The van der Waals surface area contributed by atoms with Crippen LogP contribution in [0.1, 0.15) is 29.2 Å². The molecule has 2 aromatic rings. The van der Waals surface area contributed by atoms with E-state index < -0.39 is 15.1 Å². The van der Waals surface area contributed by atoms with Crippen molar-refractivity contribution in [1.82, 2.24) is 4.90 Å². The van der Waals surface area contributed by atoms with E-state index in [0.29, 0.717) is 40.7 Å². The summed E-state index contributed by atoms with van der Waals surface area (Å²) in [4.78, 5) is 14.8. The van der Waals surface area contributed by atoms with Gasteiger partial charge in [0.05, 0.1) is 10.8 Å². The minimum absolute atomic E-state index is 0.0470. The Morgan fingerprint density at radius 1 is 1.11 bits per heavy atom. The quantitative estimate of drug-likeness (QED) is 0.740. The fourth-order valence-corrected chi connectivity index (χ4v) is 5.77. The van der Waals surface area contributed by atoms with Gasteiger partial charge >= 0.3 is 0 Å². The Morgan fingerprint density at radius 2 is 1.82 bits per heavy atom. The van der Waals surface area contributed by atoms with Crippen LogP contribution in [0.5, 0.6) is 11.5 Å². The molecule has 1 saturated heterocycles. The van der Waals surface area contributed by atoms with Gasteiger partial charge in [-0.1, -0.05) is 41.9 Å². The van der Waals surface area contributed by atoms with Crippen molar-refractivity contribution in [1.29, 1.82) is 0 Å². The molecular weight excluding hydrogens is 402 g/mol. The lowest BCUT2D eigenvalue weighted by atomic mass is 10.1. The minimum atomic E-state index is -3.85. The number of rotatable bonds is 5. The molecule has 0 radical (unpaired) electrons. The average molecular weight is 422 g/mol. The van der Waals surface area contributed by atoms with Gasteiger partial charge in [-0.15, -0.1) is 0 Å². The minimum Gasteiger partial charge on any atom is -0.454 e. The van der Waals surface area contributed by atoms with E-state index in [0.717, 1.165) is 12.8 Å². The largest absolute Gasteiger partial charge is 0.454 e. The lowest BCUT2D eigenvalue weighted by Gasteiger charge is -2.23. The summed E-state index contributed by atoms with van der Waals surface area (Å²) in [6.07, 6.45) is 1.79. The summed E-state index contributed by atoms with van der Waals surface area (Å²) < 4.78 is 37.3. The molecule has 28 heavy (non-hydrogen) atoms. The first-order chi connectivity index (χ1) is 13.5.